The fourth-order valence-electron chi connectivity index (χ4n) is 1.13. The third-order valence-corrected chi connectivity index (χ3v) is 1.84. The highest BCUT2D eigenvalue weighted by Gasteiger charge is 2.24. The van der Waals surface area contributed by atoms with Crippen LogP contribution in [-0.4, -0.2) is 0 Å². The Labute approximate surface area is 80.2 Å². The van der Waals surface area contributed by atoms with Gasteiger partial charge in [-0.2, -0.15) is 12.6 Å². The summed E-state index contributed by atoms with van der Waals surface area (Å²) in [4.78, 5) is 0. The molecule has 1 aromatic rings. The van der Waals surface area contributed by atoms with Gasteiger partial charge in [0.15, 0.2) is 0 Å². The summed E-state index contributed by atoms with van der Waals surface area (Å²) < 4.78 is 37.7. The van der Waals surface area contributed by atoms with Gasteiger partial charge in [0.1, 0.15) is 17.5 Å². The van der Waals surface area contributed by atoms with E-state index >= 15 is 0 Å². The topological polar surface area (TPSA) is 0 Å². The first-order valence-electron chi connectivity index (χ1n) is 3.70. The van der Waals surface area contributed by atoms with E-state index in [1.165, 1.54) is 13.8 Å². The predicted molar refractivity (Wildman–Crippen MR) is 48.3 cm³/mol. The van der Waals surface area contributed by atoms with Crippen molar-refractivity contribution in [1.29, 1.82) is 0 Å². The molecule has 0 atom stereocenters. The minimum atomic E-state index is -0.956. The predicted octanol–water partition coefficient (Wildman–Crippen LogP) is 3.27. The van der Waals surface area contributed by atoms with Gasteiger partial charge in [-0.05, 0) is 13.8 Å². The van der Waals surface area contributed by atoms with E-state index in [9.17, 15) is 13.2 Å². The molecule has 0 saturated heterocycles. The summed E-state index contributed by atoms with van der Waals surface area (Å²) in [6.07, 6.45) is 0. The number of rotatable bonds is 1. The number of hydrogen-bond donors (Lipinski definition) is 1. The molecule has 0 radical (unpaired) electrons. The zero-order chi connectivity index (χ0) is 10.2. The maximum atomic E-state index is 13.1. The molecule has 0 aromatic heterocycles. The summed E-state index contributed by atoms with van der Waals surface area (Å²) in [6, 6.07) is 1.30. The van der Waals surface area contributed by atoms with Gasteiger partial charge < -0.3 is 0 Å². The summed E-state index contributed by atoms with van der Waals surface area (Å²) in [5, 5.41) is 0. The Bertz CT molecular complexity index is 305. The largest absolute Gasteiger partial charge is 0.207 e. The molecular weight excluding hydrogens is 197 g/mol. The van der Waals surface area contributed by atoms with Crippen LogP contribution in [0.1, 0.15) is 19.4 Å². The average molecular weight is 206 g/mol. The van der Waals surface area contributed by atoms with Crippen molar-refractivity contribution >= 4 is 12.6 Å². The Balaban J connectivity index is 3.38. The van der Waals surface area contributed by atoms with E-state index in [2.05, 4.69) is 12.6 Å². The minimum Gasteiger partial charge on any atom is -0.207 e. The van der Waals surface area contributed by atoms with Gasteiger partial charge in [-0.15, -0.1) is 0 Å². The van der Waals surface area contributed by atoms with Crippen LogP contribution in [0.4, 0.5) is 13.2 Å². The molecule has 4 heteroatoms. The van der Waals surface area contributed by atoms with Gasteiger partial charge in [0.05, 0.1) is 0 Å². The maximum Gasteiger partial charge on any atom is 0.133 e. The number of hydrogen-bond acceptors (Lipinski definition) is 1. The second kappa shape index (κ2) is 3.25. The van der Waals surface area contributed by atoms with Gasteiger partial charge in [0.25, 0.3) is 0 Å². The fourth-order valence-corrected chi connectivity index (χ4v) is 1.34. The summed E-state index contributed by atoms with van der Waals surface area (Å²) in [5.41, 5.74) is -0.211. The second-order valence-corrected chi connectivity index (χ2v) is 4.42. The summed E-state index contributed by atoms with van der Waals surface area (Å²) in [5.74, 6) is -2.73. The van der Waals surface area contributed by atoms with Crippen molar-refractivity contribution in [3.8, 4) is 0 Å². The zero-order valence-corrected chi connectivity index (χ0v) is 8.13. The molecule has 1 rings (SSSR count). The van der Waals surface area contributed by atoms with Crippen LogP contribution in [-0.2, 0) is 4.75 Å². The molecule has 1 aromatic carbocycles. The molecule has 13 heavy (non-hydrogen) atoms. The van der Waals surface area contributed by atoms with Crippen LogP contribution in [0.3, 0.4) is 0 Å². The van der Waals surface area contributed by atoms with E-state index in [1.54, 1.807) is 0 Å². The molecule has 0 aliphatic carbocycles. The lowest BCUT2D eigenvalue weighted by molar-refractivity contribution is 0.505. The molecule has 0 spiro atoms. The first-order chi connectivity index (χ1) is 5.82. The van der Waals surface area contributed by atoms with E-state index in [4.69, 9.17) is 0 Å². The highest BCUT2D eigenvalue weighted by Crippen LogP contribution is 2.31. The van der Waals surface area contributed by atoms with Gasteiger partial charge in [-0.3, -0.25) is 0 Å². The van der Waals surface area contributed by atoms with Crippen molar-refractivity contribution in [1.82, 2.24) is 0 Å². The van der Waals surface area contributed by atoms with Gasteiger partial charge in [0, 0.05) is 22.4 Å². The molecule has 0 saturated carbocycles. The molecule has 0 aliphatic rings. The molecule has 0 fully saturated rings. The summed E-state index contributed by atoms with van der Waals surface area (Å²) in [6.45, 7) is 3.07. The van der Waals surface area contributed by atoms with Crippen LogP contribution >= 0.6 is 12.6 Å². The van der Waals surface area contributed by atoms with Crippen LogP contribution in [0.2, 0.25) is 0 Å². The molecule has 0 bridgehead atoms. The summed E-state index contributed by atoms with van der Waals surface area (Å²) in [7, 11) is 0. The molecule has 0 heterocycles. The van der Waals surface area contributed by atoms with Crippen LogP contribution in [0.5, 0.6) is 0 Å². The Morgan fingerprint density at radius 3 is 1.77 bits per heavy atom. The third-order valence-electron chi connectivity index (χ3n) is 1.62. The highest BCUT2D eigenvalue weighted by molar-refractivity contribution is 7.81. The molecule has 0 nitrogen and oxygen atoms in total. The molecule has 0 aliphatic heterocycles. The van der Waals surface area contributed by atoms with E-state index in [1.807, 2.05) is 0 Å². The standard InChI is InChI=1S/C9H9F3S/c1-9(2,13)8-6(11)3-5(10)4-7(8)12/h3-4,13H,1-2H3. The first-order valence-corrected chi connectivity index (χ1v) is 4.14. The normalized spacial score (nSPS) is 11.8. The van der Waals surface area contributed by atoms with Crippen molar-refractivity contribution in [2.45, 2.75) is 18.6 Å². The average Bonchev–Trinajstić information content (AvgIpc) is 1.78. The fraction of sp³-hybridized carbons (Fsp3) is 0.333. The Morgan fingerprint density at radius 1 is 1.08 bits per heavy atom. The number of thiol groups is 1. The smallest absolute Gasteiger partial charge is 0.133 e. The molecule has 0 unspecified atom stereocenters. The first kappa shape index (κ1) is 10.4. The third kappa shape index (κ3) is 2.18. The Morgan fingerprint density at radius 2 is 1.46 bits per heavy atom. The van der Waals surface area contributed by atoms with Gasteiger partial charge in [-0.1, -0.05) is 0 Å². The lowest BCUT2D eigenvalue weighted by atomic mass is 10.0. The van der Waals surface area contributed by atoms with Gasteiger partial charge >= 0.3 is 0 Å². The lowest BCUT2D eigenvalue weighted by Crippen LogP contribution is -2.13. The van der Waals surface area contributed by atoms with Crippen molar-refractivity contribution in [2.24, 2.45) is 0 Å². The molecule has 0 amide bonds. The zero-order valence-electron chi connectivity index (χ0n) is 7.24. The monoisotopic (exact) mass is 206 g/mol. The van der Waals surface area contributed by atoms with E-state index in [0.29, 0.717) is 12.1 Å². The SMILES string of the molecule is CC(C)(S)c1c(F)cc(F)cc1F. The molecule has 0 N–H and O–H groups in total. The quantitative estimate of drug-likeness (QED) is 0.670. The van der Waals surface area contributed by atoms with E-state index in [-0.39, 0.29) is 5.56 Å². The Hall–Kier alpha value is -0.640. The van der Waals surface area contributed by atoms with Gasteiger partial charge in [0.2, 0.25) is 0 Å². The maximum absolute atomic E-state index is 13.1. The van der Waals surface area contributed by atoms with Crippen LogP contribution in [0.15, 0.2) is 12.1 Å². The van der Waals surface area contributed by atoms with E-state index < -0.39 is 22.2 Å². The lowest BCUT2D eigenvalue weighted by Gasteiger charge is -2.19. The summed E-state index contributed by atoms with van der Waals surface area (Å²) >= 11 is 4.02. The molecular formula is C9H9F3S. The van der Waals surface area contributed by atoms with Crippen LogP contribution < -0.4 is 0 Å². The van der Waals surface area contributed by atoms with Crippen molar-refractivity contribution in [3.05, 3.63) is 35.1 Å². The second-order valence-electron chi connectivity index (χ2n) is 3.30. The van der Waals surface area contributed by atoms with Crippen LogP contribution in [0.25, 0.3) is 0 Å². The van der Waals surface area contributed by atoms with E-state index in [0.717, 1.165) is 0 Å². The minimum absolute atomic E-state index is 0.211. The van der Waals surface area contributed by atoms with Gasteiger partial charge in [-0.25, -0.2) is 13.2 Å². The molecule has 72 valence electrons. The highest BCUT2D eigenvalue weighted by atomic mass is 32.1. The number of benzene rings is 1. The van der Waals surface area contributed by atoms with Crippen LogP contribution in [0, 0.1) is 17.5 Å². The number of halogens is 3. The van der Waals surface area contributed by atoms with Crippen molar-refractivity contribution in [3.63, 3.8) is 0 Å². The Kier molecular flexibility index (Phi) is 2.61. The van der Waals surface area contributed by atoms with Crippen molar-refractivity contribution in [2.75, 3.05) is 0 Å². The van der Waals surface area contributed by atoms with Crippen molar-refractivity contribution < 1.29 is 13.2 Å².